The first-order valence-corrected chi connectivity index (χ1v) is 3.27. The molecular weight excluding hydrogens is 136 g/mol. The van der Waals surface area contributed by atoms with Crippen LogP contribution < -0.4 is 0 Å². The summed E-state index contributed by atoms with van der Waals surface area (Å²) in [7, 11) is 3.14. The zero-order valence-electron chi connectivity index (χ0n) is 4.59. The second-order valence-electron chi connectivity index (χ2n) is 1.34. The van der Waals surface area contributed by atoms with Gasteiger partial charge in [-0.25, -0.2) is 0 Å². The third kappa shape index (κ3) is 3.04. The average molecular weight is 143 g/mol. The normalized spacial score (nSPS) is 14.4. The summed E-state index contributed by atoms with van der Waals surface area (Å²) in [5.74, 6) is 0. The van der Waals surface area contributed by atoms with Gasteiger partial charge in [-0.15, -0.1) is 12.6 Å². The Morgan fingerprint density at radius 1 is 1.88 bits per heavy atom. The molecule has 0 saturated carbocycles. The minimum atomic E-state index is -0.233. The molecule has 0 heterocycles. The molecule has 0 aliphatic carbocycles. The molecule has 1 atom stereocenters. The highest BCUT2D eigenvalue weighted by Crippen LogP contribution is 2.03. The molecule has 0 aliphatic heterocycles. The van der Waals surface area contributed by atoms with E-state index in [0.29, 0.717) is 0 Å². The first-order valence-electron chi connectivity index (χ1n) is 2.25. The van der Waals surface area contributed by atoms with Gasteiger partial charge in [-0.3, -0.25) is 4.79 Å². The lowest BCUT2D eigenvalue weighted by Crippen LogP contribution is -1.96. The SMILES string of the molecule is CC=CC([Si])C(=O)S. The van der Waals surface area contributed by atoms with Crippen molar-refractivity contribution in [3.63, 3.8) is 0 Å². The van der Waals surface area contributed by atoms with Gasteiger partial charge in [0, 0.05) is 15.8 Å². The third-order valence-corrected chi connectivity index (χ3v) is 1.63. The summed E-state index contributed by atoms with van der Waals surface area (Å²) in [5, 5.41) is -0.167. The molecule has 3 radical (unpaired) electrons. The monoisotopic (exact) mass is 143 g/mol. The van der Waals surface area contributed by atoms with Crippen LogP contribution >= 0.6 is 12.6 Å². The summed E-state index contributed by atoms with van der Waals surface area (Å²) in [4.78, 5) is 10.3. The molecule has 0 saturated heterocycles. The summed E-state index contributed by atoms with van der Waals surface area (Å²) >= 11 is 3.59. The van der Waals surface area contributed by atoms with Crippen molar-refractivity contribution in [3.05, 3.63) is 12.2 Å². The Kier molecular flexibility index (Phi) is 3.91. The molecule has 1 nitrogen and oxygen atoms in total. The van der Waals surface area contributed by atoms with Gasteiger partial charge in [0.25, 0.3) is 0 Å². The molecule has 43 valence electrons. The van der Waals surface area contributed by atoms with Crippen molar-refractivity contribution in [2.75, 3.05) is 0 Å². The zero-order valence-corrected chi connectivity index (χ0v) is 6.48. The molecule has 0 bridgehead atoms. The molecule has 0 aromatic rings. The predicted octanol–water partition coefficient (Wildman–Crippen LogP) is 0.976. The van der Waals surface area contributed by atoms with Crippen molar-refractivity contribution in [2.24, 2.45) is 0 Å². The van der Waals surface area contributed by atoms with Crippen LogP contribution in [0, 0.1) is 0 Å². The maximum absolute atomic E-state index is 10.3. The van der Waals surface area contributed by atoms with Gasteiger partial charge in [0.15, 0.2) is 5.12 Å². The van der Waals surface area contributed by atoms with Gasteiger partial charge in [-0.05, 0) is 6.92 Å². The molecule has 0 amide bonds. The van der Waals surface area contributed by atoms with Crippen molar-refractivity contribution < 1.29 is 4.79 Å². The number of hydrogen-bond donors (Lipinski definition) is 1. The summed E-state index contributed by atoms with van der Waals surface area (Å²) < 4.78 is 0. The number of hydrogen-bond acceptors (Lipinski definition) is 1. The largest absolute Gasteiger partial charge is 0.287 e. The van der Waals surface area contributed by atoms with Gasteiger partial charge in [-0.2, -0.15) is 0 Å². The average Bonchev–Trinajstić information content (AvgIpc) is 1.67. The van der Waals surface area contributed by atoms with Crippen LogP contribution in [-0.2, 0) is 4.79 Å². The van der Waals surface area contributed by atoms with E-state index < -0.39 is 0 Å². The van der Waals surface area contributed by atoms with Gasteiger partial charge < -0.3 is 0 Å². The van der Waals surface area contributed by atoms with Crippen molar-refractivity contribution in [3.8, 4) is 0 Å². The standard InChI is InChI=1S/C5H7OSSi/c1-2-3-4(8)5(6)7/h2-4H,1H3,(H,6,7). The van der Waals surface area contributed by atoms with E-state index in [0.717, 1.165) is 0 Å². The van der Waals surface area contributed by atoms with Crippen LogP contribution in [0.25, 0.3) is 0 Å². The van der Waals surface area contributed by atoms with Crippen LogP contribution in [0.5, 0.6) is 0 Å². The Hall–Kier alpha value is -0.0231. The van der Waals surface area contributed by atoms with E-state index in [1.54, 1.807) is 12.2 Å². The Bertz CT molecular complexity index is 111. The van der Waals surface area contributed by atoms with Crippen molar-refractivity contribution in [1.29, 1.82) is 0 Å². The molecule has 1 unspecified atom stereocenters. The van der Waals surface area contributed by atoms with Crippen LogP contribution in [0.2, 0.25) is 5.54 Å². The van der Waals surface area contributed by atoms with Crippen LogP contribution in [0.3, 0.4) is 0 Å². The van der Waals surface area contributed by atoms with Crippen LogP contribution in [0.15, 0.2) is 12.2 Å². The van der Waals surface area contributed by atoms with Crippen LogP contribution in [-0.4, -0.2) is 15.4 Å². The fraction of sp³-hybridized carbons (Fsp3) is 0.400. The lowest BCUT2D eigenvalue weighted by Gasteiger charge is -1.93. The van der Waals surface area contributed by atoms with Crippen LogP contribution in [0.1, 0.15) is 6.92 Å². The van der Waals surface area contributed by atoms with E-state index in [1.807, 2.05) is 6.92 Å². The quantitative estimate of drug-likeness (QED) is 0.346. The highest BCUT2D eigenvalue weighted by molar-refractivity contribution is 7.96. The molecule has 0 aromatic heterocycles. The Morgan fingerprint density at radius 2 is 2.38 bits per heavy atom. The minimum Gasteiger partial charge on any atom is -0.287 e. The van der Waals surface area contributed by atoms with Crippen molar-refractivity contribution in [1.82, 2.24) is 0 Å². The second-order valence-corrected chi connectivity index (χ2v) is 2.40. The summed E-state index contributed by atoms with van der Waals surface area (Å²) in [5.41, 5.74) is -0.233. The van der Waals surface area contributed by atoms with Gasteiger partial charge in [0.1, 0.15) is 0 Å². The van der Waals surface area contributed by atoms with E-state index in [-0.39, 0.29) is 10.7 Å². The number of rotatable bonds is 2. The Morgan fingerprint density at radius 3 is 2.50 bits per heavy atom. The predicted molar refractivity (Wildman–Crippen MR) is 38.3 cm³/mol. The molecule has 0 fully saturated rings. The number of carbonyl (C=O) groups excluding carboxylic acids is 1. The van der Waals surface area contributed by atoms with Gasteiger partial charge in [0.2, 0.25) is 0 Å². The molecule has 0 aromatic carbocycles. The first-order chi connectivity index (χ1) is 3.68. The third-order valence-electron chi connectivity index (χ3n) is 0.651. The summed E-state index contributed by atoms with van der Waals surface area (Å²) in [6.07, 6.45) is 3.53. The molecule has 0 spiro atoms. The summed E-state index contributed by atoms with van der Waals surface area (Å²) in [6, 6.07) is 0. The van der Waals surface area contributed by atoms with Gasteiger partial charge in [-0.1, -0.05) is 12.2 Å². The first kappa shape index (κ1) is 7.98. The second kappa shape index (κ2) is 3.92. The van der Waals surface area contributed by atoms with Gasteiger partial charge >= 0.3 is 0 Å². The molecule has 3 heteroatoms. The van der Waals surface area contributed by atoms with Crippen molar-refractivity contribution in [2.45, 2.75) is 12.5 Å². The smallest absolute Gasteiger partial charge is 0.189 e. The van der Waals surface area contributed by atoms with Gasteiger partial charge in [0.05, 0.1) is 0 Å². The van der Waals surface area contributed by atoms with E-state index >= 15 is 0 Å². The maximum Gasteiger partial charge on any atom is 0.189 e. The topological polar surface area (TPSA) is 17.1 Å². The molecule has 0 N–H and O–H groups in total. The number of allylic oxidation sites excluding steroid dienone is 2. The van der Waals surface area contributed by atoms with E-state index in [9.17, 15) is 4.79 Å². The van der Waals surface area contributed by atoms with Crippen LogP contribution in [0.4, 0.5) is 0 Å². The zero-order chi connectivity index (χ0) is 6.57. The highest BCUT2D eigenvalue weighted by Gasteiger charge is 2.00. The fourth-order valence-electron chi connectivity index (χ4n) is 0.275. The van der Waals surface area contributed by atoms with E-state index in [4.69, 9.17) is 0 Å². The van der Waals surface area contributed by atoms with Crippen molar-refractivity contribution >= 4 is 28.0 Å². The molecule has 8 heavy (non-hydrogen) atoms. The van der Waals surface area contributed by atoms with E-state index in [2.05, 4.69) is 22.9 Å². The number of thiol groups is 1. The lowest BCUT2D eigenvalue weighted by atomic mass is 10.4. The Labute approximate surface area is 58.0 Å². The summed E-state index contributed by atoms with van der Waals surface area (Å²) in [6.45, 7) is 1.85. The highest BCUT2D eigenvalue weighted by atomic mass is 32.1. The number of carbonyl (C=O) groups is 1. The molecular formula is C5H7OSSi. The minimum absolute atomic E-state index is 0.167. The Balaban J connectivity index is 3.64. The maximum atomic E-state index is 10.3. The molecule has 0 rings (SSSR count). The lowest BCUT2D eigenvalue weighted by molar-refractivity contribution is -0.110. The van der Waals surface area contributed by atoms with E-state index in [1.165, 1.54) is 0 Å². The fourth-order valence-corrected chi connectivity index (χ4v) is 0.553. The molecule has 0 aliphatic rings.